The molecule has 1 aliphatic carbocycles. The van der Waals surface area contributed by atoms with Gasteiger partial charge in [0.05, 0.1) is 21.3 Å². The first-order valence-electron chi connectivity index (χ1n) is 8.65. The van der Waals surface area contributed by atoms with Crippen molar-refractivity contribution in [3.63, 3.8) is 0 Å². The molecule has 0 heterocycles. The summed E-state index contributed by atoms with van der Waals surface area (Å²) in [7, 11) is 6.72. The Morgan fingerprint density at radius 2 is 1.62 bits per heavy atom. The number of benzene rings is 1. The van der Waals surface area contributed by atoms with Gasteiger partial charge < -0.3 is 19.1 Å². The van der Waals surface area contributed by atoms with Crippen molar-refractivity contribution < 1.29 is 19.0 Å². The van der Waals surface area contributed by atoms with Gasteiger partial charge in [-0.25, -0.2) is 0 Å². The number of aryl methyl sites for hydroxylation is 1. The first kappa shape index (κ1) is 18.4. The van der Waals surface area contributed by atoms with Gasteiger partial charge in [0.2, 0.25) is 11.7 Å². The summed E-state index contributed by atoms with van der Waals surface area (Å²) in [6, 6.07) is 4.23. The first-order chi connectivity index (χ1) is 11.6. The SMILES string of the molecule is COc1cc(CCC(=O)N(C)C2CCCCC2)cc(OC)c1OC. The van der Waals surface area contributed by atoms with Gasteiger partial charge in [-0.15, -0.1) is 0 Å². The number of hydrogen-bond acceptors (Lipinski definition) is 4. The van der Waals surface area contributed by atoms with Crippen LogP contribution in [0, 0.1) is 0 Å². The van der Waals surface area contributed by atoms with Gasteiger partial charge in [0.25, 0.3) is 0 Å². The Bertz CT molecular complexity index is 527. The van der Waals surface area contributed by atoms with Crippen molar-refractivity contribution in [3.05, 3.63) is 17.7 Å². The summed E-state index contributed by atoms with van der Waals surface area (Å²) in [5.74, 6) is 2.03. The predicted octanol–water partition coefficient (Wildman–Crippen LogP) is 3.44. The van der Waals surface area contributed by atoms with Gasteiger partial charge in [-0.2, -0.15) is 0 Å². The van der Waals surface area contributed by atoms with Crippen LogP contribution in [0.25, 0.3) is 0 Å². The van der Waals surface area contributed by atoms with E-state index in [1.54, 1.807) is 21.3 Å². The van der Waals surface area contributed by atoms with Crippen LogP contribution in [-0.2, 0) is 11.2 Å². The number of rotatable bonds is 7. The minimum Gasteiger partial charge on any atom is -0.493 e. The quantitative estimate of drug-likeness (QED) is 0.766. The molecule has 1 aromatic rings. The van der Waals surface area contributed by atoms with Gasteiger partial charge in [0.1, 0.15) is 0 Å². The van der Waals surface area contributed by atoms with Crippen LogP contribution in [0.4, 0.5) is 0 Å². The van der Waals surface area contributed by atoms with Gasteiger partial charge in [-0.3, -0.25) is 4.79 Å². The fourth-order valence-electron chi connectivity index (χ4n) is 3.38. The van der Waals surface area contributed by atoms with E-state index < -0.39 is 0 Å². The molecule has 0 bridgehead atoms. The Labute approximate surface area is 144 Å². The molecule has 0 unspecified atom stereocenters. The number of nitrogens with zero attached hydrogens (tertiary/aromatic N) is 1. The van der Waals surface area contributed by atoms with Gasteiger partial charge in [-0.1, -0.05) is 19.3 Å². The Morgan fingerprint density at radius 1 is 1.04 bits per heavy atom. The maximum atomic E-state index is 12.5. The second kappa shape index (κ2) is 8.81. The zero-order valence-electron chi connectivity index (χ0n) is 15.3. The summed E-state index contributed by atoms with van der Waals surface area (Å²) in [5, 5.41) is 0. The van der Waals surface area contributed by atoms with Gasteiger partial charge in [-0.05, 0) is 37.0 Å². The summed E-state index contributed by atoms with van der Waals surface area (Å²) >= 11 is 0. The molecule has 0 aromatic heterocycles. The molecule has 5 heteroatoms. The average Bonchev–Trinajstić information content (AvgIpc) is 2.65. The summed E-state index contributed by atoms with van der Waals surface area (Å²) in [6.07, 6.45) is 7.17. The van der Waals surface area contributed by atoms with E-state index in [4.69, 9.17) is 14.2 Å². The lowest BCUT2D eigenvalue weighted by Crippen LogP contribution is -2.38. The molecule has 5 nitrogen and oxygen atoms in total. The monoisotopic (exact) mass is 335 g/mol. The molecule has 2 rings (SSSR count). The summed E-state index contributed by atoms with van der Waals surface area (Å²) in [5.41, 5.74) is 1.01. The molecule has 0 atom stereocenters. The van der Waals surface area contributed by atoms with Crippen molar-refractivity contribution in [2.24, 2.45) is 0 Å². The van der Waals surface area contributed by atoms with Crippen LogP contribution in [0.5, 0.6) is 17.2 Å². The highest BCUT2D eigenvalue weighted by atomic mass is 16.5. The molecule has 0 aliphatic heterocycles. The Hall–Kier alpha value is -1.91. The highest BCUT2D eigenvalue weighted by molar-refractivity contribution is 5.76. The number of ether oxygens (including phenoxy) is 3. The van der Waals surface area contributed by atoms with E-state index in [2.05, 4.69) is 0 Å². The summed E-state index contributed by atoms with van der Waals surface area (Å²) < 4.78 is 16.1. The number of carbonyl (C=O) groups is 1. The lowest BCUT2D eigenvalue weighted by atomic mass is 9.94. The lowest BCUT2D eigenvalue weighted by Gasteiger charge is -2.31. The number of carbonyl (C=O) groups excluding carboxylic acids is 1. The normalized spacial score (nSPS) is 15.0. The third kappa shape index (κ3) is 4.34. The molecule has 24 heavy (non-hydrogen) atoms. The van der Waals surface area contributed by atoms with E-state index in [9.17, 15) is 4.79 Å². The molecule has 1 fully saturated rings. The first-order valence-corrected chi connectivity index (χ1v) is 8.65. The van der Waals surface area contributed by atoms with Crippen molar-refractivity contribution in [2.75, 3.05) is 28.4 Å². The van der Waals surface area contributed by atoms with E-state index in [1.807, 2.05) is 24.1 Å². The van der Waals surface area contributed by atoms with Crippen molar-refractivity contribution >= 4 is 5.91 Å². The zero-order valence-corrected chi connectivity index (χ0v) is 15.3. The highest BCUT2D eigenvalue weighted by Crippen LogP contribution is 2.38. The molecular formula is C19H29NO4. The molecule has 1 aromatic carbocycles. The Morgan fingerprint density at radius 3 is 2.12 bits per heavy atom. The maximum absolute atomic E-state index is 12.5. The number of amides is 1. The fourth-order valence-corrected chi connectivity index (χ4v) is 3.38. The number of methoxy groups -OCH3 is 3. The summed E-state index contributed by atoms with van der Waals surface area (Å²) in [4.78, 5) is 14.4. The van der Waals surface area contributed by atoms with Crippen LogP contribution in [0.3, 0.4) is 0 Å². The van der Waals surface area contributed by atoms with Crippen LogP contribution in [-0.4, -0.2) is 45.2 Å². The molecule has 1 saturated carbocycles. The van der Waals surface area contributed by atoms with E-state index in [-0.39, 0.29) is 5.91 Å². The maximum Gasteiger partial charge on any atom is 0.222 e. The van der Waals surface area contributed by atoms with Gasteiger partial charge >= 0.3 is 0 Å². The smallest absolute Gasteiger partial charge is 0.222 e. The average molecular weight is 335 g/mol. The van der Waals surface area contributed by atoms with Gasteiger partial charge in [0, 0.05) is 19.5 Å². The second-order valence-corrected chi connectivity index (χ2v) is 6.33. The van der Waals surface area contributed by atoms with Crippen molar-refractivity contribution in [2.45, 2.75) is 51.0 Å². The van der Waals surface area contributed by atoms with Crippen LogP contribution < -0.4 is 14.2 Å². The molecule has 1 amide bonds. The third-order valence-electron chi connectivity index (χ3n) is 4.87. The topological polar surface area (TPSA) is 48.0 Å². The zero-order chi connectivity index (χ0) is 17.5. The second-order valence-electron chi connectivity index (χ2n) is 6.33. The Balaban J connectivity index is 2.01. The van der Waals surface area contributed by atoms with Crippen LogP contribution >= 0.6 is 0 Å². The van der Waals surface area contributed by atoms with E-state index in [0.29, 0.717) is 36.1 Å². The van der Waals surface area contributed by atoms with Crippen LogP contribution in [0.2, 0.25) is 0 Å². The Kier molecular flexibility index (Phi) is 6.76. The van der Waals surface area contributed by atoms with Crippen LogP contribution in [0.1, 0.15) is 44.1 Å². The molecule has 0 saturated heterocycles. The molecule has 0 N–H and O–H groups in total. The minimum absolute atomic E-state index is 0.204. The molecule has 0 spiro atoms. The van der Waals surface area contributed by atoms with E-state index in [1.165, 1.54) is 19.3 Å². The molecule has 134 valence electrons. The van der Waals surface area contributed by atoms with E-state index in [0.717, 1.165) is 18.4 Å². The lowest BCUT2D eigenvalue weighted by molar-refractivity contribution is -0.132. The van der Waals surface area contributed by atoms with Crippen molar-refractivity contribution in [3.8, 4) is 17.2 Å². The minimum atomic E-state index is 0.204. The van der Waals surface area contributed by atoms with Gasteiger partial charge in [0.15, 0.2) is 11.5 Å². The molecule has 0 radical (unpaired) electrons. The predicted molar refractivity (Wildman–Crippen MR) is 94.1 cm³/mol. The fraction of sp³-hybridized carbons (Fsp3) is 0.632. The molecular weight excluding hydrogens is 306 g/mol. The summed E-state index contributed by atoms with van der Waals surface area (Å²) in [6.45, 7) is 0. The largest absolute Gasteiger partial charge is 0.493 e. The highest BCUT2D eigenvalue weighted by Gasteiger charge is 2.22. The molecule has 1 aliphatic rings. The van der Waals surface area contributed by atoms with Crippen LogP contribution in [0.15, 0.2) is 12.1 Å². The number of hydrogen-bond donors (Lipinski definition) is 0. The van der Waals surface area contributed by atoms with Crippen molar-refractivity contribution in [1.82, 2.24) is 4.90 Å². The standard InChI is InChI=1S/C19H29NO4/c1-20(15-8-6-5-7-9-15)18(21)11-10-14-12-16(22-2)19(24-4)17(13-14)23-3/h12-13,15H,5-11H2,1-4H3. The third-order valence-corrected chi connectivity index (χ3v) is 4.87. The van der Waals surface area contributed by atoms with E-state index >= 15 is 0 Å². The van der Waals surface area contributed by atoms with Crippen molar-refractivity contribution in [1.29, 1.82) is 0 Å².